The number of nitrogens with zero attached hydrogens (tertiary/aromatic N) is 1. The minimum Gasteiger partial charge on any atom is -0.326 e. The molecule has 3 heteroatoms. The zero-order chi connectivity index (χ0) is 11.4. The summed E-state index contributed by atoms with van der Waals surface area (Å²) in [6.45, 7) is 0.479. The molecule has 0 aliphatic heterocycles. The van der Waals surface area contributed by atoms with E-state index in [0.717, 1.165) is 5.56 Å². The second-order valence-corrected chi connectivity index (χ2v) is 4.97. The van der Waals surface area contributed by atoms with Gasteiger partial charge in [0.25, 0.3) is 0 Å². The van der Waals surface area contributed by atoms with E-state index in [1.165, 1.54) is 44.1 Å². The van der Waals surface area contributed by atoms with E-state index in [1.54, 1.807) is 0 Å². The molecule has 1 saturated carbocycles. The molecule has 0 saturated heterocycles. The summed E-state index contributed by atoms with van der Waals surface area (Å²) in [5, 5.41) is 0.555. The number of halogens is 1. The van der Waals surface area contributed by atoms with Gasteiger partial charge < -0.3 is 5.73 Å². The van der Waals surface area contributed by atoms with Crippen molar-refractivity contribution in [2.24, 2.45) is 5.73 Å². The Morgan fingerprint density at radius 2 is 1.94 bits per heavy atom. The van der Waals surface area contributed by atoms with Crippen LogP contribution < -0.4 is 5.73 Å². The highest BCUT2D eigenvalue weighted by Crippen LogP contribution is 2.32. The maximum atomic E-state index is 5.98. The highest BCUT2D eigenvalue weighted by Gasteiger charge is 2.15. The minimum atomic E-state index is 0.479. The molecule has 0 bridgehead atoms. The molecule has 88 valence electrons. The van der Waals surface area contributed by atoms with Gasteiger partial charge in [-0.15, -0.1) is 0 Å². The summed E-state index contributed by atoms with van der Waals surface area (Å²) >= 11 is 5.98. The van der Waals surface area contributed by atoms with Gasteiger partial charge in [0.1, 0.15) is 5.15 Å². The van der Waals surface area contributed by atoms with Crippen LogP contribution in [0.4, 0.5) is 0 Å². The highest BCUT2D eigenvalue weighted by molar-refractivity contribution is 6.30. The Balaban J connectivity index is 2.18. The molecule has 0 unspecified atom stereocenters. The molecule has 16 heavy (non-hydrogen) atoms. The van der Waals surface area contributed by atoms with Crippen molar-refractivity contribution in [3.8, 4) is 0 Å². The van der Waals surface area contributed by atoms with Crippen LogP contribution in [0.25, 0.3) is 0 Å². The fraction of sp³-hybridized carbons (Fsp3) is 0.615. The van der Waals surface area contributed by atoms with Crippen LogP contribution in [0.5, 0.6) is 0 Å². The molecular weight excluding hydrogens is 220 g/mol. The molecule has 1 heterocycles. The van der Waals surface area contributed by atoms with Crippen molar-refractivity contribution < 1.29 is 0 Å². The summed E-state index contributed by atoms with van der Waals surface area (Å²) in [6.07, 6.45) is 9.93. The Kier molecular flexibility index (Phi) is 4.19. The van der Waals surface area contributed by atoms with Crippen molar-refractivity contribution in [3.05, 3.63) is 28.5 Å². The first kappa shape index (κ1) is 11.9. The van der Waals surface area contributed by atoms with Gasteiger partial charge in [0, 0.05) is 18.3 Å². The molecule has 1 aromatic rings. The fourth-order valence-electron chi connectivity index (χ4n) is 2.49. The van der Waals surface area contributed by atoms with Gasteiger partial charge >= 0.3 is 0 Å². The highest BCUT2D eigenvalue weighted by atomic mass is 35.5. The maximum Gasteiger partial charge on any atom is 0.133 e. The zero-order valence-electron chi connectivity index (χ0n) is 9.58. The first-order valence-corrected chi connectivity index (χ1v) is 6.53. The standard InChI is InChI=1S/C13H19ClN2/c14-13-11(8-15)7-12(9-16-13)10-5-3-1-2-4-6-10/h7,9-10H,1-6,8,15H2. The Labute approximate surface area is 102 Å². The lowest BCUT2D eigenvalue weighted by atomic mass is 9.92. The SMILES string of the molecule is NCc1cc(C2CCCCCC2)cnc1Cl. The Morgan fingerprint density at radius 1 is 1.25 bits per heavy atom. The van der Waals surface area contributed by atoms with Crippen molar-refractivity contribution in [2.75, 3.05) is 0 Å². The molecule has 1 aliphatic rings. The third-order valence-corrected chi connectivity index (χ3v) is 3.82. The smallest absolute Gasteiger partial charge is 0.133 e. The lowest BCUT2D eigenvalue weighted by Crippen LogP contribution is -2.03. The third-order valence-electron chi connectivity index (χ3n) is 3.48. The number of nitrogens with two attached hydrogens (primary N) is 1. The molecule has 0 spiro atoms. The van der Waals surface area contributed by atoms with E-state index in [1.807, 2.05) is 6.20 Å². The van der Waals surface area contributed by atoms with Gasteiger partial charge in [0.05, 0.1) is 0 Å². The quantitative estimate of drug-likeness (QED) is 0.631. The molecule has 2 nitrogen and oxygen atoms in total. The van der Waals surface area contributed by atoms with Gasteiger partial charge in [-0.3, -0.25) is 0 Å². The Hall–Kier alpha value is -0.600. The van der Waals surface area contributed by atoms with Crippen LogP contribution in [-0.4, -0.2) is 4.98 Å². The van der Waals surface area contributed by atoms with E-state index >= 15 is 0 Å². The second-order valence-electron chi connectivity index (χ2n) is 4.61. The van der Waals surface area contributed by atoms with Crippen molar-refractivity contribution in [3.63, 3.8) is 0 Å². The van der Waals surface area contributed by atoms with Crippen molar-refractivity contribution in [1.29, 1.82) is 0 Å². The largest absolute Gasteiger partial charge is 0.326 e. The lowest BCUT2D eigenvalue weighted by molar-refractivity contribution is 0.590. The van der Waals surface area contributed by atoms with E-state index in [0.29, 0.717) is 17.6 Å². The summed E-state index contributed by atoms with van der Waals surface area (Å²) in [4.78, 5) is 4.24. The average molecular weight is 239 g/mol. The minimum absolute atomic E-state index is 0.479. The molecular formula is C13H19ClN2. The van der Waals surface area contributed by atoms with Gasteiger partial charge in [0.2, 0.25) is 0 Å². The molecule has 2 N–H and O–H groups in total. The molecule has 0 amide bonds. The third kappa shape index (κ3) is 2.74. The summed E-state index contributed by atoms with van der Waals surface area (Å²) in [6, 6.07) is 2.14. The maximum absolute atomic E-state index is 5.98. The molecule has 0 radical (unpaired) electrons. The first-order chi connectivity index (χ1) is 7.81. The lowest BCUT2D eigenvalue weighted by Gasteiger charge is -2.15. The monoisotopic (exact) mass is 238 g/mol. The number of rotatable bonds is 2. The number of hydrogen-bond donors (Lipinski definition) is 1. The van der Waals surface area contributed by atoms with E-state index in [9.17, 15) is 0 Å². The van der Waals surface area contributed by atoms with Crippen LogP contribution in [0.1, 0.15) is 55.6 Å². The molecule has 1 aliphatic carbocycles. The van der Waals surface area contributed by atoms with E-state index in [4.69, 9.17) is 17.3 Å². The van der Waals surface area contributed by atoms with Gasteiger partial charge in [-0.05, 0) is 30.4 Å². The van der Waals surface area contributed by atoms with E-state index < -0.39 is 0 Å². The summed E-state index contributed by atoms with van der Waals surface area (Å²) in [5.74, 6) is 0.664. The van der Waals surface area contributed by atoms with E-state index in [2.05, 4.69) is 11.1 Å². The van der Waals surface area contributed by atoms with Crippen LogP contribution in [-0.2, 0) is 6.54 Å². The average Bonchev–Trinajstić information content (AvgIpc) is 2.58. The van der Waals surface area contributed by atoms with Crippen LogP contribution in [0.15, 0.2) is 12.3 Å². The van der Waals surface area contributed by atoms with Crippen LogP contribution in [0.3, 0.4) is 0 Å². The van der Waals surface area contributed by atoms with Crippen molar-refractivity contribution in [2.45, 2.75) is 51.0 Å². The van der Waals surface area contributed by atoms with Gasteiger partial charge in [0.15, 0.2) is 0 Å². The molecule has 0 atom stereocenters. The topological polar surface area (TPSA) is 38.9 Å². The number of hydrogen-bond acceptors (Lipinski definition) is 2. The van der Waals surface area contributed by atoms with Crippen molar-refractivity contribution in [1.82, 2.24) is 4.98 Å². The predicted octanol–water partition coefficient (Wildman–Crippen LogP) is 3.63. The van der Waals surface area contributed by atoms with Crippen LogP contribution in [0.2, 0.25) is 5.15 Å². The fourth-order valence-corrected chi connectivity index (χ4v) is 2.67. The predicted molar refractivity (Wildman–Crippen MR) is 67.6 cm³/mol. The normalized spacial score (nSPS) is 18.4. The molecule has 1 aromatic heterocycles. The number of pyridine rings is 1. The Bertz CT molecular complexity index is 344. The van der Waals surface area contributed by atoms with Crippen LogP contribution in [0, 0.1) is 0 Å². The van der Waals surface area contributed by atoms with Gasteiger partial charge in [-0.2, -0.15) is 0 Å². The summed E-state index contributed by atoms with van der Waals surface area (Å²) in [7, 11) is 0. The van der Waals surface area contributed by atoms with Gasteiger partial charge in [-0.25, -0.2) is 4.98 Å². The molecule has 1 fully saturated rings. The molecule has 0 aromatic carbocycles. The first-order valence-electron chi connectivity index (χ1n) is 6.15. The van der Waals surface area contributed by atoms with E-state index in [-0.39, 0.29) is 0 Å². The summed E-state index contributed by atoms with van der Waals surface area (Å²) in [5.41, 5.74) is 7.96. The Morgan fingerprint density at radius 3 is 2.56 bits per heavy atom. The summed E-state index contributed by atoms with van der Waals surface area (Å²) < 4.78 is 0. The number of aromatic nitrogens is 1. The van der Waals surface area contributed by atoms with Gasteiger partial charge in [-0.1, -0.05) is 37.3 Å². The molecule has 2 rings (SSSR count). The zero-order valence-corrected chi connectivity index (χ0v) is 10.3. The second kappa shape index (κ2) is 5.65. The van der Waals surface area contributed by atoms with Crippen LogP contribution >= 0.6 is 11.6 Å². The van der Waals surface area contributed by atoms with Crippen molar-refractivity contribution >= 4 is 11.6 Å².